The Labute approximate surface area is 196 Å². The predicted octanol–water partition coefficient (Wildman–Crippen LogP) is 4.09. The highest BCUT2D eigenvalue weighted by Crippen LogP contribution is 2.47. The van der Waals surface area contributed by atoms with E-state index in [1.807, 2.05) is 0 Å². The van der Waals surface area contributed by atoms with Crippen molar-refractivity contribution in [2.75, 3.05) is 12.3 Å². The Kier molecular flexibility index (Phi) is 4.45. The van der Waals surface area contributed by atoms with Gasteiger partial charge in [0.15, 0.2) is 0 Å². The number of aromatic nitrogens is 3. The lowest BCUT2D eigenvalue weighted by Crippen LogP contribution is -2.44. The van der Waals surface area contributed by atoms with Gasteiger partial charge in [-0.2, -0.15) is 18.4 Å². The van der Waals surface area contributed by atoms with E-state index in [1.54, 1.807) is 27.9 Å². The average molecular weight is 478 g/mol. The number of amides is 1. The SMILES string of the molecule is N#Cc1cc2nc(N)c3cncn3c2cc1C(=O)N1CCC[C@@H]2Oc3cc(C(F)(F)F)ccc3[C@@H]21. The number of anilines is 1. The first kappa shape index (κ1) is 21.2. The number of piperidine rings is 1. The lowest BCUT2D eigenvalue weighted by atomic mass is 9.92. The summed E-state index contributed by atoms with van der Waals surface area (Å²) in [7, 11) is 0. The van der Waals surface area contributed by atoms with Crippen LogP contribution < -0.4 is 10.5 Å². The number of imidazole rings is 1. The highest BCUT2D eigenvalue weighted by atomic mass is 19.4. The Morgan fingerprint density at radius 2 is 2.06 bits per heavy atom. The zero-order valence-corrected chi connectivity index (χ0v) is 18.1. The van der Waals surface area contributed by atoms with Gasteiger partial charge in [-0.25, -0.2) is 9.97 Å². The van der Waals surface area contributed by atoms with Gasteiger partial charge in [0.05, 0.1) is 46.3 Å². The van der Waals surface area contributed by atoms with Gasteiger partial charge in [-0.15, -0.1) is 0 Å². The molecule has 2 atom stereocenters. The van der Waals surface area contributed by atoms with Gasteiger partial charge < -0.3 is 15.4 Å². The van der Waals surface area contributed by atoms with E-state index >= 15 is 0 Å². The van der Waals surface area contributed by atoms with E-state index in [2.05, 4.69) is 16.0 Å². The number of nitrogens with zero attached hydrogens (tertiary/aromatic N) is 5. The fourth-order valence-corrected chi connectivity index (χ4v) is 5.05. The Morgan fingerprint density at radius 1 is 1.23 bits per heavy atom. The van der Waals surface area contributed by atoms with Crippen molar-refractivity contribution in [1.29, 1.82) is 5.26 Å². The quantitative estimate of drug-likeness (QED) is 0.441. The number of fused-ring (bicyclic) bond motifs is 6. The molecule has 6 rings (SSSR count). The third-order valence-corrected chi connectivity index (χ3v) is 6.64. The normalized spacial score (nSPS) is 19.3. The van der Waals surface area contributed by atoms with Crippen LogP contribution in [0.5, 0.6) is 5.75 Å². The molecule has 2 aliphatic rings. The van der Waals surface area contributed by atoms with Gasteiger partial charge in [0.2, 0.25) is 0 Å². The molecular formula is C24H17F3N6O2. The summed E-state index contributed by atoms with van der Waals surface area (Å²) >= 11 is 0. The molecule has 11 heteroatoms. The molecule has 0 spiro atoms. The van der Waals surface area contributed by atoms with Crippen LogP contribution in [-0.2, 0) is 6.18 Å². The molecule has 0 aliphatic carbocycles. The van der Waals surface area contributed by atoms with Gasteiger partial charge in [0, 0.05) is 12.1 Å². The second-order valence-electron chi connectivity index (χ2n) is 8.64. The second kappa shape index (κ2) is 7.33. The number of carbonyl (C=O) groups is 1. The highest BCUT2D eigenvalue weighted by molar-refractivity contribution is 6.01. The summed E-state index contributed by atoms with van der Waals surface area (Å²) in [5.41, 5.74) is 7.58. The Balaban J connectivity index is 1.45. The third-order valence-electron chi connectivity index (χ3n) is 6.64. The van der Waals surface area contributed by atoms with E-state index < -0.39 is 29.8 Å². The molecule has 35 heavy (non-hydrogen) atoms. The van der Waals surface area contributed by atoms with Crippen LogP contribution in [0.3, 0.4) is 0 Å². The van der Waals surface area contributed by atoms with E-state index in [9.17, 15) is 23.2 Å². The Hall–Kier alpha value is -4.33. The number of ether oxygens (including phenoxy) is 1. The van der Waals surface area contributed by atoms with Gasteiger partial charge in [-0.3, -0.25) is 9.20 Å². The summed E-state index contributed by atoms with van der Waals surface area (Å²) in [6, 6.07) is 7.98. The zero-order chi connectivity index (χ0) is 24.5. The Morgan fingerprint density at radius 3 is 2.83 bits per heavy atom. The molecule has 1 saturated heterocycles. The minimum Gasteiger partial charge on any atom is -0.488 e. The van der Waals surface area contributed by atoms with Crippen LogP contribution in [-0.4, -0.2) is 37.8 Å². The van der Waals surface area contributed by atoms with Crippen LogP contribution in [0.25, 0.3) is 16.6 Å². The highest BCUT2D eigenvalue weighted by Gasteiger charge is 2.44. The van der Waals surface area contributed by atoms with E-state index in [4.69, 9.17) is 10.5 Å². The first-order valence-corrected chi connectivity index (χ1v) is 10.9. The molecule has 2 aliphatic heterocycles. The molecule has 2 N–H and O–H groups in total. The molecule has 2 aromatic carbocycles. The molecule has 0 radical (unpaired) electrons. The number of rotatable bonds is 1. The number of nitrogens with two attached hydrogens (primary N) is 1. The van der Waals surface area contributed by atoms with Crippen molar-refractivity contribution in [3.05, 3.63) is 65.1 Å². The van der Waals surface area contributed by atoms with Crippen molar-refractivity contribution >= 4 is 28.3 Å². The number of hydrogen-bond donors (Lipinski definition) is 1. The molecule has 0 bridgehead atoms. The van der Waals surface area contributed by atoms with Crippen LogP contribution in [0.15, 0.2) is 42.9 Å². The molecule has 2 aromatic heterocycles. The summed E-state index contributed by atoms with van der Waals surface area (Å²) in [5, 5.41) is 9.79. The maximum atomic E-state index is 13.8. The minimum absolute atomic E-state index is 0.127. The number of nitrogen functional groups attached to an aromatic ring is 1. The summed E-state index contributed by atoms with van der Waals surface area (Å²) in [6.07, 6.45) is -0.632. The summed E-state index contributed by atoms with van der Waals surface area (Å²) in [6.45, 7) is 0.382. The summed E-state index contributed by atoms with van der Waals surface area (Å²) < 4.78 is 47.2. The van der Waals surface area contributed by atoms with Crippen LogP contribution in [0, 0.1) is 11.3 Å². The molecule has 176 valence electrons. The van der Waals surface area contributed by atoms with Crippen molar-refractivity contribution in [3.63, 3.8) is 0 Å². The second-order valence-corrected chi connectivity index (χ2v) is 8.64. The lowest BCUT2D eigenvalue weighted by molar-refractivity contribution is -0.137. The van der Waals surface area contributed by atoms with Crippen molar-refractivity contribution in [1.82, 2.24) is 19.3 Å². The third kappa shape index (κ3) is 3.17. The van der Waals surface area contributed by atoms with Gasteiger partial charge in [0.1, 0.15) is 29.3 Å². The fourth-order valence-electron chi connectivity index (χ4n) is 5.05. The van der Waals surface area contributed by atoms with Gasteiger partial charge in [-0.1, -0.05) is 6.07 Å². The summed E-state index contributed by atoms with van der Waals surface area (Å²) in [5.74, 6) is -0.0253. The maximum absolute atomic E-state index is 13.8. The van der Waals surface area contributed by atoms with Crippen molar-refractivity contribution in [3.8, 4) is 11.8 Å². The van der Waals surface area contributed by atoms with Crippen LogP contribution in [0.1, 0.15) is 45.9 Å². The molecule has 1 fully saturated rings. The first-order chi connectivity index (χ1) is 16.8. The van der Waals surface area contributed by atoms with Crippen LogP contribution in [0.4, 0.5) is 19.0 Å². The van der Waals surface area contributed by atoms with Gasteiger partial charge in [-0.05, 0) is 37.1 Å². The Bertz CT molecular complexity index is 1570. The number of alkyl halides is 3. The largest absolute Gasteiger partial charge is 0.488 e. The number of nitriles is 1. The summed E-state index contributed by atoms with van der Waals surface area (Å²) in [4.78, 5) is 23.8. The molecule has 1 amide bonds. The number of halogens is 3. The topological polar surface area (TPSA) is 110 Å². The van der Waals surface area contributed by atoms with Crippen molar-refractivity contribution in [2.24, 2.45) is 0 Å². The number of benzene rings is 2. The zero-order valence-electron chi connectivity index (χ0n) is 18.1. The van der Waals surface area contributed by atoms with Crippen molar-refractivity contribution < 1.29 is 22.7 Å². The van der Waals surface area contributed by atoms with E-state index in [1.165, 1.54) is 12.1 Å². The number of hydrogen-bond acceptors (Lipinski definition) is 6. The first-order valence-electron chi connectivity index (χ1n) is 10.9. The number of likely N-dealkylation sites (tertiary alicyclic amines) is 1. The number of carbonyl (C=O) groups excluding carboxylic acids is 1. The monoisotopic (exact) mass is 478 g/mol. The van der Waals surface area contributed by atoms with E-state index in [0.29, 0.717) is 41.5 Å². The molecule has 4 aromatic rings. The van der Waals surface area contributed by atoms with Gasteiger partial charge >= 0.3 is 6.18 Å². The molecule has 4 heterocycles. The van der Waals surface area contributed by atoms with Crippen LogP contribution in [0.2, 0.25) is 0 Å². The van der Waals surface area contributed by atoms with Crippen molar-refractivity contribution in [2.45, 2.75) is 31.2 Å². The predicted molar refractivity (Wildman–Crippen MR) is 118 cm³/mol. The standard InChI is InChI=1S/C24H17F3N6O2/c25-24(26,27)13-3-4-14-20(7-13)35-19-2-1-5-32(21(14)19)23(34)15-8-17-16(6-12(15)9-28)31-22(29)18-10-30-11-33(17)18/h3-4,6-8,10-11,19,21H,1-2,5H2,(H2,29,31)/t19-,21-/m0/s1. The smallest absolute Gasteiger partial charge is 0.416 e. The fraction of sp³-hybridized carbons (Fsp3) is 0.250. The average Bonchev–Trinajstić information content (AvgIpc) is 3.47. The lowest BCUT2D eigenvalue weighted by Gasteiger charge is -2.36. The molecule has 0 saturated carbocycles. The maximum Gasteiger partial charge on any atom is 0.416 e. The van der Waals surface area contributed by atoms with E-state index in [0.717, 1.165) is 12.1 Å². The van der Waals surface area contributed by atoms with Crippen LogP contribution >= 0.6 is 0 Å². The molecule has 8 nitrogen and oxygen atoms in total. The van der Waals surface area contributed by atoms with Gasteiger partial charge in [0.25, 0.3) is 5.91 Å². The van der Waals surface area contributed by atoms with E-state index in [-0.39, 0.29) is 22.7 Å². The molecule has 0 unspecified atom stereocenters. The minimum atomic E-state index is -4.50. The molecular weight excluding hydrogens is 461 g/mol.